The molecule has 3 aromatic rings. The van der Waals surface area contributed by atoms with E-state index in [0.29, 0.717) is 39.8 Å². The number of halogens is 2. The molecule has 2 aromatic heterocycles. The van der Waals surface area contributed by atoms with Crippen molar-refractivity contribution in [3.63, 3.8) is 0 Å². The van der Waals surface area contributed by atoms with Gasteiger partial charge in [-0.3, -0.25) is 0 Å². The number of hydrogen-bond acceptors (Lipinski definition) is 7. The fourth-order valence-electron chi connectivity index (χ4n) is 4.04. The molecule has 0 fully saturated rings. The van der Waals surface area contributed by atoms with E-state index < -0.39 is 29.2 Å². The number of fused-ring (bicyclic) bond motifs is 2. The second-order valence-corrected chi connectivity index (χ2v) is 11.8. The standard InChI is InChI=1S/C25H29FIN5O4/c1-13-15-12-31(22(33)35-24(2,3)4)9-8-14(15)10-16(26)18(13)21-28-11-17-19(29-21)20(27)30-32(17)23(34)36-25(5,6)7/h10-11H,8-9,12H2,1-7H3. The SMILES string of the molecule is Cc1c2c(cc(F)c1-c1ncc3c(n1)c(I)nn3C(=O)OC(C)(C)C)CCN(C(=O)OC(C)(C)C)C2. The van der Waals surface area contributed by atoms with E-state index in [4.69, 9.17) is 9.47 Å². The molecule has 0 atom stereocenters. The van der Waals surface area contributed by atoms with E-state index in [1.165, 1.54) is 12.3 Å². The molecule has 0 radical (unpaired) electrons. The number of amides is 1. The molecule has 36 heavy (non-hydrogen) atoms. The zero-order valence-electron chi connectivity index (χ0n) is 21.4. The topological polar surface area (TPSA) is 99.4 Å². The maximum atomic E-state index is 15.3. The molecule has 192 valence electrons. The summed E-state index contributed by atoms with van der Waals surface area (Å²) in [5.74, 6) is -0.262. The first-order valence-electron chi connectivity index (χ1n) is 11.6. The predicted octanol–water partition coefficient (Wildman–Crippen LogP) is 5.62. The first-order chi connectivity index (χ1) is 16.6. The van der Waals surface area contributed by atoms with Gasteiger partial charge in [0, 0.05) is 13.1 Å². The fourth-order valence-corrected chi connectivity index (χ4v) is 4.66. The Bertz CT molecular complexity index is 1370. The van der Waals surface area contributed by atoms with E-state index >= 15 is 4.39 Å². The first kappa shape index (κ1) is 26.2. The van der Waals surface area contributed by atoms with Gasteiger partial charge < -0.3 is 14.4 Å². The van der Waals surface area contributed by atoms with E-state index in [0.717, 1.165) is 15.8 Å². The van der Waals surface area contributed by atoms with Crippen molar-refractivity contribution in [1.82, 2.24) is 24.6 Å². The number of benzene rings is 1. The van der Waals surface area contributed by atoms with Crippen LogP contribution < -0.4 is 0 Å². The lowest BCUT2D eigenvalue weighted by atomic mass is 9.91. The van der Waals surface area contributed by atoms with E-state index in [-0.39, 0.29) is 11.4 Å². The summed E-state index contributed by atoms with van der Waals surface area (Å²) in [6, 6.07) is 1.49. The third-order valence-electron chi connectivity index (χ3n) is 5.58. The predicted molar refractivity (Wildman–Crippen MR) is 140 cm³/mol. The maximum absolute atomic E-state index is 15.3. The zero-order valence-corrected chi connectivity index (χ0v) is 23.6. The number of nitrogens with zero attached hydrogens (tertiary/aromatic N) is 5. The van der Waals surface area contributed by atoms with Gasteiger partial charge >= 0.3 is 12.2 Å². The van der Waals surface area contributed by atoms with E-state index in [2.05, 4.69) is 15.1 Å². The normalized spacial score (nSPS) is 14.1. The molecule has 0 bridgehead atoms. The van der Waals surface area contributed by atoms with E-state index in [1.807, 2.05) is 43.4 Å². The lowest BCUT2D eigenvalue weighted by Gasteiger charge is -2.32. The zero-order chi connectivity index (χ0) is 26.6. The van der Waals surface area contributed by atoms with Crippen LogP contribution in [-0.4, -0.2) is 54.6 Å². The Kier molecular flexibility index (Phi) is 6.73. The number of ether oxygens (including phenoxy) is 2. The molecule has 11 heteroatoms. The summed E-state index contributed by atoms with van der Waals surface area (Å²) < 4.78 is 27.9. The van der Waals surface area contributed by atoms with Crippen LogP contribution in [0.5, 0.6) is 0 Å². The maximum Gasteiger partial charge on any atom is 0.435 e. The van der Waals surface area contributed by atoms with Crippen molar-refractivity contribution in [2.75, 3.05) is 6.54 Å². The summed E-state index contributed by atoms with van der Waals surface area (Å²) in [4.78, 5) is 35.8. The van der Waals surface area contributed by atoms with Gasteiger partial charge in [0.25, 0.3) is 0 Å². The van der Waals surface area contributed by atoms with Crippen molar-refractivity contribution < 1.29 is 23.5 Å². The van der Waals surface area contributed by atoms with Crippen LogP contribution in [0.25, 0.3) is 22.4 Å². The Morgan fingerprint density at radius 1 is 1.08 bits per heavy atom. The van der Waals surface area contributed by atoms with Crippen molar-refractivity contribution in [2.24, 2.45) is 0 Å². The van der Waals surface area contributed by atoms with Crippen LogP contribution in [0, 0.1) is 16.4 Å². The summed E-state index contributed by atoms with van der Waals surface area (Å²) in [6.07, 6.45) is 0.917. The van der Waals surface area contributed by atoms with Gasteiger partial charge in [0.1, 0.15) is 31.8 Å². The average Bonchev–Trinajstić information content (AvgIpc) is 3.07. The highest BCUT2D eigenvalue weighted by atomic mass is 127. The highest BCUT2D eigenvalue weighted by Crippen LogP contribution is 2.34. The van der Waals surface area contributed by atoms with Crippen LogP contribution in [0.3, 0.4) is 0 Å². The van der Waals surface area contributed by atoms with Crippen molar-refractivity contribution in [2.45, 2.75) is 72.6 Å². The first-order valence-corrected chi connectivity index (χ1v) is 12.7. The van der Waals surface area contributed by atoms with E-state index in [1.54, 1.807) is 32.6 Å². The van der Waals surface area contributed by atoms with Gasteiger partial charge in [-0.1, -0.05) is 0 Å². The third-order valence-corrected chi connectivity index (χ3v) is 6.30. The summed E-state index contributed by atoms with van der Waals surface area (Å²) in [5.41, 5.74) is 2.09. The van der Waals surface area contributed by atoms with Gasteiger partial charge in [-0.25, -0.2) is 23.9 Å². The Balaban J connectivity index is 1.72. The minimum absolute atomic E-state index is 0.177. The quantitative estimate of drug-likeness (QED) is 0.330. The van der Waals surface area contributed by atoms with Crippen molar-refractivity contribution in [3.8, 4) is 11.4 Å². The molecule has 0 spiro atoms. The number of aromatic nitrogens is 4. The Morgan fingerprint density at radius 3 is 2.36 bits per heavy atom. The molecule has 1 aliphatic heterocycles. The third kappa shape index (κ3) is 5.30. The molecule has 0 saturated heterocycles. The van der Waals surface area contributed by atoms with Gasteiger partial charge in [0.2, 0.25) is 0 Å². The highest BCUT2D eigenvalue weighted by molar-refractivity contribution is 14.1. The number of hydrogen-bond donors (Lipinski definition) is 0. The molecule has 0 aliphatic carbocycles. The number of rotatable bonds is 1. The average molecular weight is 609 g/mol. The fraction of sp³-hybridized carbons (Fsp3) is 0.480. The molecule has 0 N–H and O–H groups in total. The Labute approximate surface area is 222 Å². The van der Waals surface area contributed by atoms with E-state index in [9.17, 15) is 9.59 Å². The molecular weight excluding hydrogens is 580 g/mol. The molecule has 1 aromatic carbocycles. The largest absolute Gasteiger partial charge is 0.444 e. The van der Waals surface area contributed by atoms with Crippen molar-refractivity contribution in [3.05, 3.63) is 38.5 Å². The van der Waals surface area contributed by atoms with Gasteiger partial charge in [-0.2, -0.15) is 9.78 Å². The van der Waals surface area contributed by atoms with Crippen LogP contribution in [0.2, 0.25) is 0 Å². The molecular formula is C25H29FIN5O4. The Morgan fingerprint density at radius 2 is 1.72 bits per heavy atom. The van der Waals surface area contributed by atoms with Gasteiger partial charge in [-0.15, -0.1) is 0 Å². The molecule has 1 amide bonds. The lowest BCUT2D eigenvalue weighted by Crippen LogP contribution is -2.40. The van der Waals surface area contributed by atoms with Gasteiger partial charge in [0.05, 0.1) is 11.8 Å². The number of carbonyl (C=O) groups is 2. The number of carbonyl (C=O) groups excluding carboxylic acids is 2. The van der Waals surface area contributed by atoms with Crippen LogP contribution >= 0.6 is 22.6 Å². The van der Waals surface area contributed by atoms with Crippen molar-refractivity contribution >= 4 is 45.8 Å². The summed E-state index contributed by atoms with van der Waals surface area (Å²) in [5, 5.41) is 4.26. The molecule has 3 heterocycles. The molecule has 1 aliphatic rings. The van der Waals surface area contributed by atoms with Gasteiger partial charge in [-0.05, 0) is 100 Å². The van der Waals surface area contributed by atoms with Crippen LogP contribution in [0.4, 0.5) is 14.0 Å². The van der Waals surface area contributed by atoms with Crippen molar-refractivity contribution in [1.29, 1.82) is 0 Å². The molecule has 0 unspecified atom stereocenters. The molecule has 9 nitrogen and oxygen atoms in total. The minimum Gasteiger partial charge on any atom is -0.444 e. The summed E-state index contributed by atoms with van der Waals surface area (Å²) in [6.45, 7) is 13.3. The second kappa shape index (κ2) is 9.24. The van der Waals surface area contributed by atoms with Crippen LogP contribution in [0.15, 0.2) is 12.3 Å². The monoisotopic (exact) mass is 609 g/mol. The smallest absolute Gasteiger partial charge is 0.435 e. The second-order valence-electron chi connectivity index (χ2n) is 10.8. The molecule has 4 rings (SSSR count). The van der Waals surface area contributed by atoms with Crippen LogP contribution in [0.1, 0.15) is 58.2 Å². The minimum atomic E-state index is -0.696. The summed E-state index contributed by atoms with van der Waals surface area (Å²) >= 11 is 1.98. The highest BCUT2D eigenvalue weighted by Gasteiger charge is 2.29. The summed E-state index contributed by atoms with van der Waals surface area (Å²) in [7, 11) is 0. The van der Waals surface area contributed by atoms with Gasteiger partial charge in [0.15, 0.2) is 5.82 Å². The van der Waals surface area contributed by atoms with Crippen LogP contribution in [-0.2, 0) is 22.4 Å². The lowest BCUT2D eigenvalue weighted by molar-refractivity contribution is 0.0223. The molecule has 0 saturated carbocycles. The Hall–Kier alpha value is -2.83.